The van der Waals surface area contributed by atoms with E-state index < -0.39 is 66.0 Å². The predicted octanol–water partition coefficient (Wildman–Crippen LogP) is 3.24. The molecule has 1 aromatic rings. The highest BCUT2D eigenvalue weighted by Crippen LogP contribution is 2.50. The zero-order chi connectivity index (χ0) is 40.6. The molecule has 54 heavy (non-hydrogen) atoms. The van der Waals surface area contributed by atoms with Crippen molar-refractivity contribution in [1.82, 2.24) is 25.8 Å². The number of amides is 4. The van der Waals surface area contributed by atoms with Crippen molar-refractivity contribution in [2.24, 2.45) is 29.6 Å². The van der Waals surface area contributed by atoms with E-state index in [0.717, 1.165) is 6.42 Å². The molecule has 3 unspecified atom stereocenters. The number of likely N-dealkylation sites (tertiary alicyclic amines) is 1. The van der Waals surface area contributed by atoms with Crippen molar-refractivity contribution in [2.45, 2.75) is 129 Å². The number of hydrogen-bond acceptors (Lipinski definition) is 8. The van der Waals surface area contributed by atoms with Crippen molar-refractivity contribution in [2.75, 3.05) is 28.3 Å². The molecule has 304 valence electrons. The number of carboxylic acid groups (broad SMARTS) is 1. The molecule has 0 spiro atoms. The van der Waals surface area contributed by atoms with Gasteiger partial charge >= 0.3 is 5.97 Å². The monoisotopic (exact) mass is 761 g/mol. The topological polar surface area (TPSA) is 167 Å². The van der Waals surface area contributed by atoms with E-state index in [1.165, 1.54) is 32.4 Å². The summed E-state index contributed by atoms with van der Waals surface area (Å²) in [5, 5.41) is 18.4. The van der Waals surface area contributed by atoms with Crippen LogP contribution >= 0.6 is 0 Å². The standard InChI is InChI=1S/C40H64FN5O8/c1-12-23(6)35(45(9)39(50)34(22(4)5)44-38(49)33(42-8)21(2)3)31(53-10)20-32(47)46-29-18-26(29)19-30(46)36(54-11)24(7)37(48)43-28(40(51)52)17-25-15-13-14-16-27(25)41/h13-16,21-24,26,28-31,33-36,42H,12,17-20H2,1-11H3,(H,43,48)(H,44,49)(H,51,52)/t23-,24+,26+,28-,29?,30-,31+,33-,34-,35?,36?/m0/s1. The summed E-state index contributed by atoms with van der Waals surface area (Å²) in [7, 11) is 6.41. The third-order valence-electron chi connectivity index (χ3n) is 11.6. The Labute approximate surface area is 320 Å². The lowest BCUT2D eigenvalue weighted by atomic mass is 9.89. The number of piperidine rings is 1. The number of carbonyl (C=O) groups is 5. The van der Waals surface area contributed by atoms with Gasteiger partial charge < -0.3 is 40.3 Å². The molecule has 4 N–H and O–H groups in total. The molecule has 0 radical (unpaired) electrons. The number of ether oxygens (including phenoxy) is 2. The Balaban J connectivity index is 1.81. The molecule has 2 aliphatic rings. The summed E-state index contributed by atoms with van der Waals surface area (Å²) < 4.78 is 26.2. The molecule has 1 aromatic carbocycles. The lowest BCUT2D eigenvalue weighted by Gasteiger charge is -2.41. The van der Waals surface area contributed by atoms with E-state index in [1.807, 2.05) is 41.5 Å². The first kappa shape index (κ1) is 44.8. The number of likely N-dealkylation sites (N-methyl/N-ethyl adjacent to an activating group) is 2. The van der Waals surface area contributed by atoms with Gasteiger partial charge in [0.05, 0.1) is 42.7 Å². The fourth-order valence-electron chi connectivity index (χ4n) is 8.14. The Morgan fingerprint density at radius 2 is 1.57 bits per heavy atom. The van der Waals surface area contributed by atoms with Crippen LogP contribution in [0, 0.1) is 35.4 Å². The average Bonchev–Trinajstić information content (AvgIpc) is 3.78. The van der Waals surface area contributed by atoms with Crippen molar-refractivity contribution in [3.05, 3.63) is 35.6 Å². The maximum absolute atomic E-state index is 14.4. The van der Waals surface area contributed by atoms with Gasteiger partial charge in [0.2, 0.25) is 23.6 Å². The van der Waals surface area contributed by atoms with Gasteiger partial charge in [-0.25, -0.2) is 9.18 Å². The van der Waals surface area contributed by atoms with Crippen molar-refractivity contribution >= 4 is 29.6 Å². The Kier molecular flexibility index (Phi) is 16.4. The fourth-order valence-corrected chi connectivity index (χ4v) is 8.14. The highest BCUT2D eigenvalue weighted by atomic mass is 19.1. The van der Waals surface area contributed by atoms with Crippen LogP contribution in [0.25, 0.3) is 0 Å². The molecular formula is C40H64FN5O8. The summed E-state index contributed by atoms with van der Waals surface area (Å²) in [5.41, 5.74) is 0.169. The molecule has 1 aliphatic heterocycles. The summed E-state index contributed by atoms with van der Waals surface area (Å²) >= 11 is 0. The maximum Gasteiger partial charge on any atom is 0.326 e. The summed E-state index contributed by atoms with van der Waals surface area (Å²) in [6.07, 6.45) is 0.457. The second-order valence-electron chi connectivity index (χ2n) is 15.9. The zero-order valence-corrected chi connectivity index (χ0v) is 33.9. The maximum atomic E-state index is 14.4. The van der Waals surface area contributed by atoms with Gasteiger partial charge in [-0.2, -0.15) is 0 Å². The van der Waals surface area contributed by atoms with Crippen molar-refractivity contribution < 1.29 is 42.9 Å². The molecule has 1 saturated carbocycles. The summed E-state index contributed by atoms with van der Waals surface area (Å²) in [6.45, 7) is 13.3. The summed E-state index contributed by atoms with van der Waals surface area (Å²) in [6, 6.07) is 2.21. The minimum Gasteiger partial charge on any atom is -0.480 e. The van der Waals surface area contributed by atoms with E-state index in [0.29, 0.717) is 12.8 Å². The SMILES string of the molecule is CC[C@H](C)C([C@@H](CC(=O)N1C2C[C@@H]2C[C@H]1C(OC)[C@@H](C)C(=O)N[C@@H](Cc1ccccc1F)C(=O)O)OC)N(C)C(=O)[C@@H](NC(=O)[C@@H](NC)C(C)C)C(C)C. The minimum absolute atomic E-state index is 0.00943. The zero-order valence-electron chi connectivity index (χ0n) is 33.9. The molecule has 1 saturated heterocycles. The number of fused-ring (bicyclic) bond motifs is 1. The number of hydrogen-bond donors (Lipinski definition) is 4. The predicted molar refractivity (Wildman–Crippen MR) is 203 cm³/mol. The smallest absolute Gasteiger partial charge is 0.326 e. The van der Waals surface area contributed by atoms with E-state index in [-0.39, 0.29) is 65.8 Å². The second-order valence-corrected chi connectivity index (χ2v) is 15.9. The number of nitrogens with zero attached hydrogens (tertiary/aromatic N) is 2. The summed E-state index contributed by atoms with van der Waals surface area (Å²) in [4.78, 5) is 70.8. The molecule has 1 heterocycles. The third kappa shape index (κ3) is 10.6. The van der Waals surface area contributed by atoms with Crippen LogP contribution in [-0.4, -0.2) is 121 Å². The van der Waals surface area contributed by atoms with Gasteiger partial charge in [0.1, 0.15) is 17.9 Å². The van der Waals surface area contributed by atoms with Crippen LogP contribution in [0.4, 0.5) is 4.39 Å². The van der Waals surface area contributed by atoms with Crippen LogP contribution in [0.15, 0.2) is 24.3 Å². The number of carboxylic acids is 1. The fraction of sp³-hybridized carbons (Fsp3) is 0.725. The van der Waals surface area contributed by atoms with Crippen LogP contribution in [0.1, 0.15) is 79.7 Å². The van der Waals surface area contributed by atoms with Gasteiger partial charge in [0.25, 0.3) is 0 Å². The molecular weight excluding hydrogens is 697 g/mol. The minimum atomic E-state index is -1.37. The molecule has 2 fully saturated rings. The van der Waals surface area contributed by atoms with Crippen LogP contribution in [-0.2, 0) is 39.9 Å². The molecule has 4 amide bonds. The number of nitrogens with one attached hydrogen (secondary N) is 3. The lowest BCUT2D eigenvalue weighted by Crippen LogP contribution is -2.59. The number of benzene rings is 1. The van der Waals surface area contributed by atoms with Crippen molar-refractivity contribution in [1.29, 1.82) is 0 Å². The van der Waals surface area contributed by atoms with E-state index >= 15 is 0 Å². The second kappa shape index (κ2) is 19.8. The lowest BCUT2D eigenvalue weighted by molar-refractivity contribution is -0.149. The van der Waals surface area contributed by atoms with Gasteiger partial charge in [0.15, 0.2) is 0 Å². The van der Waals surface area contributed by atoms with Crippen molar-refractivity contribution in [3.8, 4) is 0 Å². The molecule has 13 nitrogen and oxygen atoms in total. The molecule has 1 aliphatic carbocycles. The third-order valence-corrected chi connectivity index (χ3v) is 11.6. The van der Waals surface area contributed by atoms with Gasteiger partial charge in [-0.1, -0.05) is 73.1 Å². The van der Waals surface area contributed by atoms with E-state index in [4.69, 9.17) is 9.47 Å². The Morgan fingerprint density at radius 1 is 0.944 bits per heavy atom. The molecule has 11 atom stereocenters. The largest absolute Gasteiger partial charge is 0.480 e. The molecule has 3 rings (SSSR count). The van der Waals surface area contributed by atoms with Crippen LogP contribution < -0.4 is 16.0 Å². The Bertz CT molecular complexity index is 1460. The highest BCUT2D eigenvalue weighted by Gasteiger charge is 2.57. The summed E-state index contributed by atoms with van der Waals surface area (Å²) in [5.74, 6) is -4.01. The Hall–Kier alpha value is -3.62. The number of halogens is 1. The van der Waals surface area contributed by atoms with E-state index in [2.05, 4.69) is 16.0 Å². The number of aliphatic carboxylic acids is 1. The van der Waals surface area contributed by atoms with Gasteiger partial charge in [0, 0.05) is 33.7 Å². The molecule has 0 bridgehead atoms. The average molecular weight is 762 g/mol. The molecule has 14 heteroatoms. The van der Waals surface area contributed by atoms with Gasteiger partial charge in [-0.3, -0.25) is 19.2 Å². The van der Waals surface area contributed by atoms with Gasteiger partial charge in [-0.15, -0.1) is 0 Å². The van der Waals surface area contributed by atoms with Gasteiger partial charge in [-0.05, 0) is 55.2 Å². The van der Waals surface area contributed by atoms with E-state index in [9.17, 15) is 33.5 Å². The number of carbonyl (C=O) groups excluding carboxylic acids is 4. The molecule has 0 aromatic heterocycles. The normalized spacial score (nSPS) is 22.3. The number of rotatable bonds is 21. The highest BCUT2D eigenvalue weighted by molar-refractivity contribution is 5.90. The first-order chi connectivity index (χ1) is 25.4. The van der Waals surface area contributed by atoms with E-state index in [1.54, 1.807) is 36.9 Å². The quantitative estimate of drug-likeness (QED) is 0.147. The first-order valence-corrected chi connectivity index (χ1v) is 19.3. The number of methoxy groups -OCH3 is 2. The Morgan fingerprint density at radius 3 is 2.09 bits per heavy atom. The van der Waals surface area contributed by atoms with Crippen LogP contribution in [0.2, 0.25) is 0 Å². The van der Waals surface area contributed by atoms with Crippen LogP contribution in [0.5, 0.6) is 0 Å². The first-order valence-electron chi connectivity index (χ1n) is 19.3. The van der Waals surface area contributed by atoms with Crippen molar-refractivity contribution in [3.63, 3.8) is 0 Å². The van der Waals surface area contributed by atoms with Crippen LogP contribution in [0.3, 0.4) is 0 Å².